The highest BCUT2D eigenvalue weighted by Gasteiger charge is 2.72. The van der Waals surface area contributed by atoms with E-state index in [-0.39, 0.29) is 0 Å². The summed E-state index contributed by atoms with van der Waals surface area (Å²) >= 11 is -1.31. The number of aromatic hydroxyl groups is 1. The normalized spacial score (nSPS) is 14.2. The van der Waals surface area contributed by atoms with Gasteiger partial charge in [0.1, 0.15) is 5.75 Å². The first-order chi connectivity index (χ1) is 9.71. The number of phenols is 1. The summed E-state index contributed by atoms with van der Waals surface area (Å²) < 4.78 is 110. The lowest BCUT2D eigenvalue weighted by atomic mass is 9.96. The SMILES string of the molecule is Oc1ccc(C(SCC(F)(F)F)(C(F)(F)F)C(F)(F)F)cc1. The van der Waals surface area contributed by atoms with Crippen molar-refractivity contribution < 1.29 is 44.6 Å². The fraction of sp³-hybridized carbons (Fsp3) is 0.455. The maximum absolute atomic E-state index is 13.1. The Bertz CT molecular complexity index is 486. The number of hydrogen-bond acceptors (Lipinski definition) is 2. The molecule has 0 atom stereocenters. The van der Waals surface area contributed by atoms with E-state index in [4.69, 9.17) is 5.11 Å². The van der Waals surface area contributed by atoms with Gasteiger partial charge in [0.15, 0.2) is 0 Å². The first-order valence-corrected chi connectivity index (χ1v) is 6.33. The van der Waals surface area contributed by atoms with Gasteiger partial charge >= 0.3 is 18.5 Å². The number of halogens is 9. The number of rotatable bonds is 3. The summed E-state index contributed by atoms with van der Waals surface area (Å²) in [6, 6.07) is 1.66. The predicted octanol–water partition coefficient (Wildman–Crippen LogP) is 5.01. The topological polar surface area (TPSA) is 20.2 Å². The third-order valence-corrected chi connectivity index (χ3v) is 4.13. The molecule has 0 fully saturated rings. The molecule has 0 amide bonds. The molecular weight excluding hydrogens is 351 g/mol. The molecule has 0 saturated carbocycles. The van der Waals surface area contributed by atoms with E-state index in [0.29, 0.717) is 24.3 Å². The molecule has 0 aliphatic rings. The highest BCUT2D eigenvalue weighted by molar-refractivity contribution is 8.00. The van der Waals surface area contributed by atoms with Crippen LogP contribution in [0.5, 0.6) is 5.75 Å². The van der Waals surface area contributed by atoms with Gasteiger partial charge in [-0.3, -0.25) is 0 Å². The lowest BCUT2D eigenvalue weighted by Crippen LogP contribution is -2.52. The van der Waals surface area contributed by atoms with E-state index < -0.39 is 52.1 Å². The van der Waals surface area contributed by atoms with E-state index in [1.165, 1.54) is 0 Å². The van der Waals surface area contributed by atoms with Crippen LogP contribution in [-0.2, 0) is 4.75 Å². The van der Waals surface area contributed by atoms with Gasteiger partial charge in [-0.15, -0.1) is 11.8 Å². The standard InChI is InChI=1S/C11H7F9OS/c12-8(13,14)5-22-9(10(15,16)17,11(18,19)20)6-1-3-7(21)4-2-6/h1-4,21H,5H2. The molecule has 0 spiro atoms. The van der Waals surface area contributed by atoms with E-state index in [9.17, 15) is 39.5 Å². The predicted molar refractivity (Wildman–Crippen MR) is 60.4 cm³/mol. The molecule has 0 unspecified atom stereocenters. The molecule has 0 aromatic heterocycles. The van der Waals surface area contributed by atoms with Crippen LogP contribution in [0.1, 0.15) is 5.56 Å². The molecular formula is C11H7F9OS. The minimum absolute atomic E-state index is 0.291. The molecule has 0 aliphatic carbocycles. The molecule has 1 N–H and O–H groups in total. The second kappa shape index (κ2) is 5.74. The summed E-state index contributed by atoms with van der Waals surface area (Å²) in [6.45, 7) is 0. The van der Waals surface area contributed by atoms with Gasteiger partial charge in [0.25, 0.3) is 0 Å². The highest BCUT2D eigenvalue weighted by Crippen LogP contribution is 2.59. The zero-order valence-electron chi connectivity index (χ0n) is 10.3. The second-order valence-electron chi connectivity index (χ2n) is 4.13. The van der Waals surface area contributed by atoms with Crippen molar-refractivity contribution in [1.29, 1.82) is 0 Å². The number of benzene rings is 1. The Morgan fingerprint density at radius 3 is 1.50 bits per heavy atom. The van der Waals surface area contributed by atoms with Crippen LogP contribution in [0.4, 0.5) is 39.5 Å². The minimum Gasteiger partial charge on any atom is -0.508 e. The summed E-state index contributed by atoms with van der Waals surface area (Å²) in [4.78, 5) is 0. The summed E-state index contributed by atoms with van der Waals surface area (Å²) in [5.74, 6) is -2.96. The molecule has 0 saturated heterocycles. The summed E-state index contributed by atoms with van der Waals surface area (Å²) in [5, 5.41) is 8.94. The van der Waals surface area contributed by atoms with E-state index in [1.54, 1.807) is 0 Å². The average molecular weight is 358 g/mol. The first kappa shape index (κ1) is 18.8. The fourth-order valence-electron chi connectivity index (χ4n) is 1.62. The molecule has 11 heteroatoms. The quantitative estimate of drug-likeness (QED) is 0.767. The fourth-order valence-corrected chi connectivity index (χ4v) is 2.63. The van der Waals surface area contributed by atoms with E-state index in [2.05, 4.69) is 0 Å². The Morgan fingerprint density at radius 1 is 0.773 bits per heavy atom. The highest BCUT2D eigenvalue weighted by atomic mass is 32.2. The van der Waals surface area contributed by atoms with Gasteiger partial charge in [-0.1, -0.05) is 12.1 Å². The first-order valence-electron chi connectivity index (χ1n) is 5.34. The molecule has 0 aliphatic heterocycles. The molecule has 0 heterocycles. The molecule has 126 valence electrons. The van der Waals surface area contributed by atoms with Crippen LogP contribution in [0, 0.1) is 0 Å². The number of alkyl halides is 9. The number of phenolic OH excluding ortho intramolecular Hbond substituents is 1. The van der Waals surface area contributed by atoms with Crippen LogP contribution in [0.2, 0.25) is 0 Å². The molecule has 22 heavy (non-hydrogen) atoms. The Kier molecular flexibility index (Phi) is 4.91. The average Bonchev–Trinajstić information content (AvgIpc) is 2.26. The summed E-state index contributed by atoms with van der Waals surface area (Å²) in [6.07, 6.45) is -17.3. The van der Waals surface area contributed by atoms with Crippen molar-refractivity contribution in [3.05, 3.63) is 29.8 Å². The Balaban J connectivity index is 3.49. The van der Waals surface area contributed by atoms with Crippen molar-refractivity contribution in [1.82, 2.24) is 0 Å². The van der Waals surface area contributed by atoms with Crippen molar-refractivity contribution in [2.24, 2.45) is 0 Å². The Morgan fingerprint density at radius 2 is 1.18 bits per heavy atom. The maximum Gasteiger partial charge on any atom is 0.416 e. The van der Waals surface area contributed by atoms with Gasteiger partial charge in [-0.05, 0) is 17.7 Å². The third kappa shape index (κ3) is 3.73. The monoisotopic (exact) mass is 358 g/mol. The lowest BCUT2D eigenvalue weighted by Gasteiger charge is -2.37. The van der Waals surface area contributed by atoms with Gasteiger partial charge in [0.05, 0.1) is 5.75 Å². The molecule has 0 radical (unpaired) electrons. The zero-order chi connectivity index (χ0) is 17.4. The smallest absolute Gasteiger partial charge is 0.416 e. The van der Waals surface area contributed by atoms with Gasteiger partial charge in [0.2, 0.25) is 4.75 Å². The summed E-state index contributed by atoms with van der Waals surface area (Å²) in [5.41, 5.74) is -1.44. The van der Waals surface area contributed by atoms with Crippen LogP contribution >= 0.6 is 11.8 Å². The van der Waals surface area contributed by atoms with Crippen molar-refractivity contribution >= 4 is 11.8 Å². The maximum atomic E-state index is 13.1. The zero-order valence-corrected chi connectivity index (χ0v) is 11.1. The van der Waals surface area contributed by atoms with Crippen molar-refractivity contribution in [2.45, 2.75) is 23.3 Å². The van der Waals surface area contributed by atoms with Crippen LogP contribution < -0.4 is 0 Å². The number of thioether (sulfide) groups is 1. The third-order valence-electron chi connectivity index (χ3n) is 2.52. The molecule has 1 rings (SSSR count). The van der Waals surface area contributed by atoms with Crippen molar-refractivity contribution in [3.8, 4) is 5.75 Å². The van der Waals surface area contributed by atoms with Crippen LogP contribution in [0.3, 0.4) is 0 Å². The molecule has 1 nitrogen and oxygen atoms in total. The van der Waals surface area contributed by atoms with Gasteiger partial charge in [-0.25, -0.2) is 0 Å². The van der Waals surface area contributed by atoms with Gasteiger partial charge in [-0.2, -0.15) is 39.5 Å². The van der Waals surface area contributed by atoms with Gasteiger partial charge in [0, 0.05) is 0 Å². The largest absolute Gasteiger partial charge is 0.508 e. The van der Waals surface area contributed by atoms with Crippen molar-refractivity contribution in [3.63, 3.8) is 0 Å². The van der Waals surface area contributed by atoms with E-state index in [1.807, 2.05) is 0 Å². The summed E-state index contributed by atoms with van der Waals surface area (Å²) in [7, 11) is 0. The molecule has 0 bridgehead atoms. The second-order valence-corrected chi connectivity index (χ2v) is 5.32. The number of hydrogen-bond donors (Lipinski definition) is 1. The van der Waals surface area contributed by atoms with Crippen LogP contribution in [0.25, 0.3) is 0 Å². The lowest BCUT2D eigenvalue weighted by molar-refractivity contribution is -0.269. The van der Waals surface area contributed by atoms with E-state index >= 15 is 0 Å². The van der Waals surface area contributed by atoms with Crippen LogP contribution in [-0.4, -0.2) is 29.4 Å². The minimum atomic E-state index is -6.03. The van der Waals surface area contributed by atoms with Crippen molar-refractivity contribution in [2.75, 3.05) is 5.75 Å². The van der Waals surface area contributed by atoms with E-state index in [0.717, 1.165) is 0 Å². The Labute approximate surface area is 122 Å². The van der Waals surface area contributed by atoms with Gasteiger partial charge < -0.3 is 5.11 Å². The molecule has 1 aromatic rings. The Hall–Kier alpha value is -1.26. The molecule has 1 aromatic carbocycles. The van der Waals surface area contributed by atoms with Crippen LogP contribution in [0.15, 0.2) is 24.3 Å².